The first kappa shape index (κ1) is 18.4. The molecule has 0 unspecified atom stereocenters. The van der Waals surface area contributed by atoms with Crippen LogP contribution in [0.1, 0.15) is 52.1 Å². The molecule has 4 heterocycles. The fourth-order valence-corrected chi connectivity index (χ4v) is 4.99. The van der Waals surface area contributed by atoms with Gasteiger partial charge in [0.25, 0.3) is 5.56 Å². The second-order valence-corrected chi connectivity index (χ2v) is 9.29. The SMILES string of the molecule is CC1(C)C/C(=N/C(=O)N2C[C@H]3C[C@@H](C2)c2cccc(=O)n2C3)C(C)(C)N1[O]. The normalized spacial score (nSPS) is 30.4. The fraction of sp³-hybridized carbons (Fsp3) is 0.650. The molecule has 0 spiro atoms. The fourth-order valence-electron chi connectivity index (χ4n) is 4.99. The lowest BCUT2D eigenvalue weighted by Gasteiger charge is -2.42. The quantitative estimate of drug-likeness (QED) is 0.703. The molecule has 2 saturated heterocycles. The summed E-state index contributed by atoms with van der Waals surface area (Å²) in [7, 11) is 0. The highest BCUT2D eigenvalue weighted by Crippen LogP contribution is 2.38. The maximum absolute atomic E-state index is 12.9. The zero-order chi connectivity index (χ0) is 19.6. The van der Waals surface area contributed by atoms with Gasteiger partial charge >= 0.3 is 6.03 Å². The number of nitrogens with zero attached hydrogens (tertiary/aromatic N) is 4. The van der Waals surface area contributed by atoms with Crippen LogP contribution >= 0.6 is 0 Å². The van der Waals surface area contributed by atoms with Crippen molar-refractivity contribution >= 4 is 11.7 Å². The Kier molecular flexibility index (Phi) is 4.09. The zero-order valence-electron chi connectivity index (χ0n) is 16.4. The van der Waals surface area contributed by atoms with Gasteiger partial charge in [-0.3, -0.25) is 4.79 Å². The second-order valence-electron chi connectivity index (χ2n) is 9.29. The molecule has 145 valence electrons. The molecule has 0 aromatic carbocycles. The standard InChI is InChI=1S/C20H27N4O3/c1-19(2)9-16(20(3,4)24(19)27)21-18(26)22-10-13-8-14(12-22)15-6-5-7-17(25)23(15)11-13/h5-7,13-14H,8-12H2,1-4H3/b21-16-/t13-,14+/m1/s1. The van der Waals surface area contributed by atoms with Crippen LogP contribution in [0.15, 0.2) is 28.0 Å². The van der Waals surface area contributed by atoms with Crippen molar-refractivity contribution in [2.75, 3.05) is 13.1 Å². The van der Waals surface area contributed by atoms with E-state index >= 15 is 0 Å². The van der Waals surface area contributed by atoms with Gasteiger partial charge in [-0.2, -0.15) is 0 Å². The number of hydrogen-bond acceptors (Lipinski definition) is 3. The minimum Gasteiger partial charge on any atom is -0.322 e. The molecule has 1 radical (unpaired) electrons. The van der Waals surface area contributed by atoms with Crippen molar-refractivity contribution in [3.05, 3.63) is 34.2 Å². The van der Waals surface area contributed by atoms with Crippen molar-refractivity contribution in [1.82, 2.24) is 14.5 Å². The highest BCUT2D eigenvalue weighted by atomic mass is 16.5. The molecule has 7 nitrogen and oxygen atoms in total. The van der Waals surface area contributed by atoms with E-state index in [0.717, 1.165) is 17.2 Å². The molecule has 2 bridgehead atoms. The Morgan fingerprint density at radius 3 is 2.56 bits per heavy atom. The molecule has 4 rings (SSSR count). The molecular formula is C20H27N4O3. The molecule has 27 heavy (non-hydrogen) atoms. The molecule has 7 heteroatoms. The molecule has 0 N–H and O–H groups in total. The van der Waals surface area contributed by atoms with Crippen molar-refractivity contribution < 1.29 is 10.0 Å². The van der Waals surface area contributed by atoms with E-state index in [1.54, 1.807) is 17.0 Å². The van der Waals surface area contributed by atoms with E-state index < -0.39 is 11.1 Å². The number of aliphatic imine (C=N–C) groups is 1. The van der Waals surface area contributed by atoms with Gasteiger partial charge < -0.3 is 9.47 Å². The minimum absolute atomic E-state index is 0.0349. The van der Waals surface area contributed by atoms with Gasteiger partial charge in [-0.1, -0.05) is 6.07 Å². The van der Waals surface area contributed by atoms with E-state index in [0.29, 0.717) is 31.8 Å². The van der Waals surface area contributed by atoms with Gasteiger partial charge in [-0.15, -0.1) is 10.3 Å². The number of rotatable bonds is 0. The van der Waals surface area contributed by atoms with E-state index in [1.807, 2.05) is 38.3 Å². The number of hydrogen-bond donors (Lipinski definition) is 0. The summed E-state index contributed by atoms with van der Waals surface area (Å²) >= 11 is 0. The number of amides is 2. The topological polar surface area (TPSA) is 77.8 Å². The lowest BCUT2D eigenvalue weighted by molar-refractivity contribution is -0.237. The van der Waals surface area contributed by atoms with Crippen LogP contribution < -0.4 is 5.56 Å². The smallest absolute Gasteiger partial charge is 0.322 e. The Bertz CT molecular complexity index is 870. The van der Waals surface area contributed by atoms with Crippen LogP contribution in [0.4, 0.5) is 4.79 Å². The maximum Gasteiger partial charge on any atom is 0.343 e. The number of fused-ring (bicyclic) bond motifs is 4. The molecule has 2 atom stereocenters. The van der Waals surface area contributed by atoms with Crippen molar-refractivity contribution in [2.24, 2.45) is 10.9 Å². The summed E-state index contributed by atoms with van der Waals surface area (Å²) in [6.07, 6.45) is 1.49. The number of aromatic nitrogens is 1. The van der Waals surface area contributed by atoms with Gasteiger partial charge in [0.05, 0.1) is 11.1 Å². The number of pyridine rings is 1. The third-order valence-electron chi connectivity index (χ3n) is 6.34. The first-order valence-corrected chi connectivity index (χ1v) is 9.64. The Balaban J connectivity index is 1.58. The van der Waals surface area contributed by atoms with Crippen LogP contribution in [-0.4, -0.2) is 50.4 Å². The van der Waals surface area contributed by atoms with E-state index in [-0.39, 0.29) is 23.4 Å². The maximum atomic E-state index is 12.9. The third-order valence-corrected chi connectivity index (χ3v) is 6.34. The second kappa shape index (κ2) is 6.01. The molecule has 3 aliphatic heterocycles. The van der Waals surface area contributed by atoms with Crippen molar-refractivity contribution in [1.29, 1.82) is 0 Å². The first-order valence-electron chi connectivity index (χ1n) is 9.64. The first-order chi connectivity index (χ1) is 12.6. The molecule has 2 amide bonds. The number of likely N-dealkylation sites (tertiary alicyclic amines) is 1. The van der Waals surface area contributed by atoms with E-state index in [2.05, 4.69) is 4.99 Å². The summed E-state index contributed by atoms with van der Waals surface area (Å²) in [6, 6.07) is 5.12. The highest BCUT2D eigenvalue weighted by Gasteiger charge is 2.51. The van der Waals surface area contributed by atoms with Crippen molar-refractivity contribution in [3.63, 3.8) is 0 Å². The zero-order valence-corrected chi connectivity index (χ0v) is 16.4. The van der Waals surface area contributed by atoms with Crippen molar-refractivity contribution in [2.45, 2.75) is 64.1 Å². The monoisotopic (exact) mass is 371 g/mol. The predicted molar refractivity (Wildman–Crippen MR) is 101 cm³/mol. The molecular weight excluding hydrogens is 344 g/mol. The number of urea groups is 1. The Hall–Kier alpha value is -1.99. The molecule has 0 saturated carbocycles. The van der Waals surface area contributed by atoms with Crippen LogP contribution in [0, 0.1) is 5.92 Å². The van der Waals surface area contributed by atoms with Crippen LogP contribution in [0.25, 0.3) is 0 Å². The third kappa shape index (κ3) is 2.93. The van der Waals surface area contributed by atoms with Gasteiger partial charge in [0.1, 0.15) is 0 Å². The highest BCUT2D eigenvalue weighted by molar-refractivity contribution is 6.02. The Morgan fingerprint density at radius 2 is 1.89 bits per heavy atom. The summed E-state index contributed by atoms with van der Waals surface area (Å²) < 4.78 is 1.85. The number of carbonyl (C=O) groups excluding carboxylic acids is 1. The average molecular weight is 371 g/mol. The largest absolute Gasteiger partial charge is 0.343 e. The van der Waals surface area contributed by atoms with E-state index in [1.165, 1.54) is 0 Å². The minimum atomic E-state index is -0.773. The van der Waals surface area contributed by atoms with Gasteiger partial charge in [-0.05, 0) is 46.1 Å². The number of hydroxylamine groups is 2. The summed E-state index contributed by atoms with van der Waals surface area (Å²) in [5, 5.41) is 13.6. The average Bonchev–Trinajstić information content (AvgIpc) is 2.75. The lowest BCUT2D eigenvalue weighted by Crippen LogP contribution is -2.49. The Labute approximate surface area is 159 Å². The summed E-state index contributed by atoms with van der Waals surface area (Å²) in [4.78, 5) is 31.2. The van der Waals surface area contributed by atoms with Crippen LogP contribution in [0.3, 0.4) is 0 Å². The molecule has 2 fully saturated rings. The summed E-state index contributed by atoms with van der Waals surface area (Å²) in [5.41, 5.74) is 0.371. The van der Waals surface area contributed by atoms with Crippen LogP contribution in [0.2, 0.25) is 0 Å². The van der Waals surface area contributed by atoms with Crippen LogP contribution in [-0.2, 0) is 11.8 Å². The van der Waals surface area contributed by atoms with Gasteiger partial charge in [0.2, 0.25) is 0 Å². The summed E-state index contributed by atoms with van der Waals surface area (Å²) in [6.45, 7) is 9.25. The van der Waals surface area contributed by atoms with Gasteiger partial charge in [0.15, 0.2) is 0 Å². The Morgan fingerprint density at radius 1 is 1.15 bits per heavy atom. The van der Waals surface area contributed by atoms with E-state index in [9.17, 15) is 14.8 Å². The molecule has 0 aliphatic carbocycles. The molecule has 3 aliphatic rings. The molecule has 1 aromatic rings. The number of carbonyl (C=O) groups is 1. The number of piperidine rings is 1. The van der Waals surface area contributed by atoms with E-state index in [4.69, 9.17) is 0 Å². The van der Waals surface area contributed by atoms with Crippen LogP contribution in [0.5, 0.6) is 0 Å². The van der Waals surface area contributed by atoms with Gasteiger partial charge in [0, 0.05) is 49.4 Å². The molecule has 1 aromatic heterocycles. The van der Waals surface area contributed by atoms with Crippen molar-refractivity contribution in [3.8, 4) is 0 Å². The lowest BCUT2D eigenvalue weighted by atomic mass is 9.83. The van der Waals surface area contributed by atoms with Gasteiger partial charge in [-0.25, -0.2) is 9.79 Å². The summed E-state index contributed by atoms with van der Waals surface area (Å²) in [5.74, 6) is 0.434. The predicted octanol–water partition coefficient (Wildman–Crippen LogP) is 2.44.